The van der Waals surface area contributed by atoms with Crippen molar-refractivity contribution in [2.75, 3.05) is 29.5 Å². The lowest BCUT2D eigenvalue weighted by Crippen LogP contribution is -2.40. The van der Waals surface area contributed by atoms with E-state index in [2.05, 4.69) is 11.1 Å². The lowest BCUT2D eigenvalue weighted by Gasteiger charge is -2.31. The van der Waals surface area contributed by atoms with Gasteiger partial charge in [-0.1, -0.05) is 25.0 Å². The third kappa shape index (κ3) is 6.93. The third-order valence-corrected chi connectivity index (χ3v) is 12.1. The molecule has 6 rings (SSSR count). The fraction of sp³-hybridized carbons (Fsp3) is 0.515. The highest BCUT2D eigenvalue weighted by atomic mass is 32.2. The van der Waals surface area contributed by atoms with E-state index in [1.54, 1.807) is 12.1 Å². The van der Waals surface area contributed by atoms with Crippen molar-refractivity contribution in [2.24, 2.45) is 11.3 Å². The molecule has 2 saturated carbocycles. The van der Waals surface area contributed by atoms with Gasteiger partial charge in [-0.25, -0.2) is 18.4 Å². The minimum absolute atomic E-state index is 0.0732. The lowest BCUT2D eigenvalue weighted by atomic mass is 9.73. The monoisotopic (exact) mass is 672 g/mol. The first kappa shape index (κ1) is 32.4. The molecule has 0 bridgehead atoms. The van der Waals surface area contributed by atoms with Gasteiger partial charge in [0, 0.05) is 43.2 Å². The number of hydrogen-bond donors (Lipinski definition) is 0. The fourth-order valence-electron chi connectivity index (χ4n) is 6.37. The number of ketones is 1. The number of rotatable bonds is 9. The van der Waals surface area contributed by atoms with Gasteiger partial charge < -0.3 is 9.64 Å². The molecule has 0 amide bonds. The molecule has 13 heteroatoms. The van der Waals surface area contributed by atoms with E-state index >= 15 is 0 Å². The van der Waals surface area contributed by atoms with Crippen LogP contribution in [0.25, 0.3) is 21.0 Å². The number of benzene rings is 1. The van der Waals surface area contributed by atoms with Crippen LogP contribution in [-0.4, -0.2) is 61.0 Å². The Labute approximate surface area is 270 Å². The molecule has 3 fully saturated rings. The number of sulfone groups is 1. The molecule has 0 N–H and O–H groups in total. The summed E-state index contributed by atoms with van der Waals surface area (Å²) < 4.78 is 69.4. The summed E-state index contributed by atoms with van der Waals surface area (Å²) in [7, 11) is -3.03. The first-order valence-electron chi connectivity index (χ1n) is 15.6. The number of nitriles is 1. The van der Waals surface area contributed by atoms with Crippen LogP contribution in [0.3, 0.4) is 0 Å². The number of alkyl halides is 3. The van der Waals surface area contributed by atoms with Crippen LogP contribution in [0.1, 0.15) is 63.5 Å². The summed E-state index contributed by atoms with van der Waals surface area (Å²) in [6.07, 6.45) is -0.359. The number of halogens is 3. The third-order valence-electron chi connectivity index (χ3n) is 9.38. The molecule has 3 heterocycles. The summed E-state index contributed by atoms with van der Waals surface area (Å²) >= 11 is 1.32. The molecule has 8 nitrogen and oxygen atoms in total. The van der Waals surface area contributed by atoms with Gasteiger partial charge in [-0.05, 0) is 62.4 Å². The number of pyridine rings is 1. The molecule has 46 heavy (non-hydrogen) atoms. The molecular formula is C33H35F3N4O4S2. The molecule has 2 aromatic heterocycles. The summed E-state index contributed by atoms with van der Waals surface area (Å²) in [5.41, 5.74) is 2.23. The maximum atomic E-state index is 13.7. The molecule has 3 atom stereocenters. The summed E-state index contributed by atoms with van der Waals surface area (Å²) in [6.45, 7) is 1.75. The topological polar surface area (TPSA) is 113 Å². The Bertz CT molecular complexity index is 1730. The van der Waals surface area contributed by atoms with Gasteiger partial charge in [0.2, 0.25) is 5.88 Å². The number of aromatic nitrogens is 2. The van der Waals surface area contributed by atoms with Crippen molar-refractivity contribution in [3.63, 3.8) is 0 Å². The molecule has 1 saturated heterocycles. The van der Waals surface area contributed by atoms with Gasteiger partial charge in [0.1, 0.15) is 10.8 Å². The average Bonchev–Trinajstić information content (AvgIpc) is 3.67. The molecule has 0 radical (unpaired) electrons. The van der Waals surface area contributed by atoms with Crippen molar-refractivity contribution in [3.05, 3.63) is 48.3 Å². The summed E-state index contributed by atoms with van der Waals surface area (Å²) in [5.74, 6) is -0.414. The maximum Gasteiger partial charge on any atom is 0.425 e. The zero-order valence-corrected chi connectivity index (χ0v) is 27.1. The van der Waals surface area contributed by atoms with E-state index in [0.717, 1.165) is 60.8 Å². The molecular weight excluding hydrogens is 638 g/mol. The SMILES string of the molecule is CC(Oc1ncccc1-c1nc([C@@H]2CCCC[C@H]2C(=O)CC2(C#N)CC2)c(-c2ccc(N3CCS(=O)(=O)CC3)cc2)s1)C(F)(F)F. The molecule has 0 spiro atoms. The van der Waals surface area contributed by atoms with Gasteiger partial charge in [-0.3, -0.25) is 4.79 Å². The summed E-state index contributed by atoms with van der Waals surface area (Å²) in [6, 6.07) is 13.4. The van der Waals surface area contributed by atoms with E-state index in [-0.39, 0.29) is 41.4 Å². The quantitative estimate of drug-likeness (QED) is 0.240. The van der Waals surface area contributed by atoms with Gasteiger partial charge in [-0.2, -0.15) is 18.4 Å². The molecule has 1 aliphatic heterocycles. The Morgan fingerprint density at radius 1 is 1.15 bits per heavy atom. The number of nitrogens with zero attached hydrogens (tertiary/aromatic N) is 4. The predicted octanol–water partition coefficient (Wildman–Crippen LogP) is 6.97. The van der Waals surface area contributed by atoms with Crippen LogP contribution in [0.2, 0.25) is 0 Å². The van der Waals surface area contributed by atoms with Crippen molar-refractivity contribution in [2.45, 2.75) is 70.1 Å². The van der Waals surface area contributed by atoms with E-state index in [4.69, 9.17) is 9.72 Å². The maximum absolute atomic E-state index is 13.7. The Kier molecular flexibility index (Phi) is 8.89. The number of ether oxygens (including phenoxy) is 1. The van der Waals surface area contributed by atoms with Crippen molar-refractivity contribution >= 4 is 32.6 Å². The number of Topliss-reactive ketones (excluding diaryl/α,β-unsaturated/α-hetero) is 1. The minimum Gasteiger partial charge on any atom is -0.464 e. The second kappa shape index (κ2) is 12.6. The molecule has 1 unspecified atom stereocenters. The highest BCUT2D eigenvalue weighted by Crippen LogP contribution is 2.52. The standard InChI is InChI=1S/C33H35F3N4O4S2/c1-21(33(34,35)36)44-30-26(7-4-14-38-30)31-39-28(25-6-3-2-5-24(25)27(41)19-32(20-37)12-13-32)29(45-31)22-8-10-23(11-9-22)40-15-17-46(42,43)18-16-40/h4,7-11,14,21,24-25H,2-3,5-6,12-13,15-19H2,1H3/t21?,24-,25-/m1/s1. The number of carbonyl (C=O) groups is 1. The second-order valence-corrected chi connectivity index (χ2v) is 15.9. The van der Waals surface area contributed by atoms with Crippen LogP contribution in [0.4, 0.5) is 18.9 Å². The number of hydrogen-bond acceptors (Lipinski definition) is 9. The van der Waals surface area contributed by atoms with Crippen LogP contribution >= 0.6 is 11.3 Å². The van der Waals surface area contributed by atoms with Crippen molar-refractivity contribution in [1.82, 2.24) is 9.97 Å². The Morgan fingerprint density at radius 2 is 1.85 bits per heavy atom. The largest absolute Gasteiger partial charge is 0.464 e. The summed E-state index contributed by atoms with van der Waals surface area (Å²) in [4.78, 5) is 25.7. The zero-order chi connectivity index (χ0) is 32.7. The van der Waals surface area contributed by atoms with Crippen molar-refractivity contribution < 1.29 is 31.1 Å². The van der Waals surface area contributed by atoms with Gasteiger partial charge >= 0.3 is 6.18 Å². The molecule has 244 valence electrons. The van der Waals surface area contributed by atoms with Crippen LogP contribution in [0.5, 0.6) is 5.88 Å². The van der Waals surface area contributed by atoms with E-state index in [0.29, 0.717) is 30.1 Å². The second-order valence-electron chi connectivity index (χ2n) is 12.6. The molecule has 3 aliphatic rings. The van der Waals surface area contributed by atoms with Crippen LogP contribution in [-0.2, 0) is 14.6 Å². The van der Waals surface area contributed by atoms with E-state index < -0.39 is 27.5 Å². The highest BCUT2D eigenvalue weighted by molar-refractivity contribution is 7.91. The highest BCUT2D eigenvalue weighted by Gasteiger charge is 2.47. The Balaban J connectivity index is 1.38. The number of carbonyl (C=O) groups excluding carboxylic acids is 1. The zero-order valence-electron chi connectivity index (χ0n) is 25.4. The first-order chi connectivity index (χ1) is 21.9. The fourth-order valence-corrected chi connectivity index (χ4v) is 8.73. The normalized spacial score (nSPS) is 22.9. The van der Waals surface area contributed by atoms with Crippen LogP contribution in [0.15, 0.2) is 42.6 Å². The van der Waals surface area contributed by atoms with Gasteiger partial charge in [0.05, 0.1) is 39.1 Å². The number of anilines is 1. The van der Waals surface area contributed by atoms with Gasteiger partial charge in [-0.15, -0.1) is 11.3 Å². The van der Waals surface area contributed by atoms with Crippen molar-refractivity contribution in [3.8, 4) is 33.0 Å². The number of thiazole rings is 1. The molecule has 1 aromatic carbocycles. The van der Waals surface area contributed by atoms with Crippen LogP contribution < -0.4 is 9.64 Å². The van der Waals surface area contributed by atoms with Crippen LogP contribution in [0, 0.1) is 22.7 Å². The van der Waals surface area contributed by atoms with Gasteiger partial charge in [0.25, 0.3) is 0 Å². The first-order valence-corrected chi connectivity index (χ1v) is 18.2. The molecule has 2 aliphatic carbocycles. The summed E-state index contributed by atoms with van der Waals surface area (Å²) in [5, 5.41) is 10.1. The van der Waals surface area contributed by atoms with E-state index in [1.165, 1.54) is 17.5 Å². The van der Waals surface area contributed by atoms with Crippen molar-refractivity contribution in [1.29, 1.82) is 5.26 Å². The lowest BCUT2D eigenvalue weighted by molar-refractivity contribution is -0.189. The van der Waals surface area contributed by atoms with E-state index in [9.17, 15) is 31.6 Å². The Morgan fingerprint density at radius 3 is 2.50 bits per heavy atom. The Hall–Kier alpha value is -3.50. The smallest absolute Gasteiger partial charge is 0.425 e. The van der Waals surface area contributed by atoms with E-state index in [1.807, 2.05) is 29.2 Å². The molecule has 3 aromatic rings. The van der Waals surface area contributed by atoms with Gasteiger partial charge in [0.15, 0.2) is 15.9 Å². The average molecular weight is 673 g/mol. The predicted molar refractivity (Wildman–Crippen MR) is 169 cm³/mol. The minimum atomic E-state index is -4.58.